The number of ether oxygens (including phenoxy) is 1. The molecule has 0 aliphatic carbocycles. The first-order valence-electron chi connectivity index (χ1n) is 19.8. The molecule has 8 rings (SSSR count). The Morgan fingerprint density at radius 1 is 0.759 bits per heavy atom. The molecule has 2 aliphatic rings. The van der Waals surface area contributed by atoms with Crippen molar-refractivity contribution in [2.75, 3.05) is 40.8 Å². The van der Waals surface area contributed by atoms with E-state index >= 15 is 0 Å². The molecule has 13 nitrogen and oxygen atoms in total. The third kappa shape index (κ3) is 7.53. The van der Waals surface area contributed by atoms with Gasteiger partial charge in [0.1, 0.15) is 11.9 Å². The minimum Gasteiger partial charge on any atom is -0.453 e. The highest BCUT2D eigenvalue weighted by Crippen LogP contribution is 2.36. The maximum Gasteiger partial charge on any atom is 0.407 e. The maximum atomic E-state index is 14.4. The predicted molar refractivity (Wildman–Crippen MR) is 222 cm³/mol. The van der Waals surface area contributed by atoms with Crippen LogP contribution in [0, 0.1) is 0 Å². The number of H-pyrrole nitrogens is 2. The highest BCUT2D eigenvalue weighted by atomic mass is 16.5. The third-order valence-electron chi connectivity index (χ3n) is 11.4. The van der Waals surface area contributed by atoms with E-state index in [1.165, 1.54) is 7.11 Å². The number of nitrogens with zero attached hydrogens (tertiary/aromatic N) is 6. The number of hydrogen-bond donors (Lipinski definition) is 3. The molecule has 2 fully saturated rings. The number of hydrogen-bond acceptors (Lipinski definition) is 8. The van der Waals surface area contributed by atoms with Crippen LogP contribution in [0.4, 0.5) is 10.7 Å². The van der Waals surface area contributed by atoms with Gasteiger partial charge in [0.05, 0.1) is 55.7 Å². The van der Waals surface area contributed by atoms with Crippen LogP contribution in [-0.2, 0) is 14.3 Å². The number of nitrogens with one attached hydrogen (secondary N) is 3. The summed E-state index contributed by atoms with van der Waals surface area (Å²) in [5.41, 5.74) is 6.88. The number of aromatic amines is 2. The van der Waals surface area contributed by atoms with E-state index < -0.39 is 12.1 Å². The van der Waals surface area contributed by atoms with E-state index in [4.69, 9.17) is 19.7 Å². The number of methoxy groups -OCH3 is 1. The molecule has 0 spiro atoms. The zero-order chi connectivity index (χ0) is 40.2. The number of imidazole rings is 2. The molecule has 3 atom stereocenters. The molecule has 3 N–H and O–H groups in total. The lowest BCUT2D eigenvalue weighted by molar-refractivity contribution is -0.137. The van der Waals surface area contributed by atoms with Gasteiger partial charge in [0.25, 0.3) is 0 Å². The van der Waals surface area contributed by atoms with E-state index in [1.807, 2.05) is 133 Å². The summed E-state index contributed by atoms with van der Waals surface area (Å²) in [6, 6.07) is 29.8. The molecule has 2 aliphatic heterocycles. The second-order valence-corrected chi connectivity index (χ2v) is 15.2. The highest BCUT2D eigenvalue weighted by Gasteiger charge is 2.49. The highest BCUT2D eigenvalue weighted by molar-refractivity contribution is 5.95. The number of likely N-dealkylation sites (tertiary alicyclic amines) is 2. The van der Waals surface area contributed by atoms with Gasteiger partial charge in [-0.1, -0.05) is 84.9 Å². The summed E-state index contributed by atoms with van der Waals surface area (Å²) in [7, 11) is 5.18. The fourth-order valence-electron chi connectivity index (χ4n) is 8.41. The first-order chi connectivity index (χ1) is 28.3. The van der Waals surface area contributed by atoms with Crippen molar-refractivity contribution in [1.82, 2.24) is 44.5 Å². The van der Waals surface area contributed by atoms with Gasteiger partial charge in [-0.3, -0.25) is 19.7 Å². The molecule has 2 saturated heterocycles. The summed E-state index contributed by atoms with van der Waals surface area (Å²) < 4.78 is 4.88. The lowest BCUT2D eigenvalue weighted by atomic mass is 10.0. The van der Waals surface area contributed by atoms with Gasteiger partial charge in [-0.2, -0.15) is 9.47 Å². The Hall–Kier alpha value is -6.44. The van der Waals surface area contributed by atoms with Crippen molar-refractivity contribution in [3.63, 3.8) is 0 Å². The van der Waals surface area contributed by atoms with Gasteiger partial charge in [-0.25, -0.2) is 14.6 Å². The Bertz CT molecular complexity index is 2350. The van der Waals surface area contributed by atoms with Crippen molar-refractivity contribution in [2.24, 2.45) is 0 Å². The van der Waals surface area contributed by atoms with E-state index in [-0.39, 0.29) is 28.4 Å². The molecule has 6 aromatic rings. The molecule has 0 bridgehead atoms. The van der Waals surface area contributed by atoms with Crippen LogP contribution >= 0.6 is 0 Å². The zero-order valence-corrected chi connectivity index (χ0v) is 33.0. The first-order valence-corrected chi connectivity index (χ1v) is 19.8. The molecule has 13 heteroatoms. The molecule has 58 heavy (non-hydrogen) atoms. The summed E-state index contributed by atoms with van der Waals surface area (Å²) in [6.07, 6.45) is 8.23. The molecule has 3 aromatic carbocycles. The molecule has 0 saturated carbocycles. The van der Waals surface area contributed by atoms with Crippen LogP contribution in [0.25, 0.3) is 33.8 Å². The van der Waals surface area contributed by atoms with Crippen molar-refractivity contribution in [2.45, 2.75) is 43.8 Å². The number of alkyl carbamates (subject to hydrolysis) is 1. The molecule has 0 radical (unpaired) electrons. The minimum absolute atomic E-state index is 0.00204. The second-order valence-electron chi connectivity index (χ2n) is 15.2. The Morgan fingerprint density at radius 3 is 2.05 bits per heavy atom. The monoisotopic (exact) mass is 778 g/mol. The van der Waals surface area contributed by atoms with Crippen molar-refractivity contribution in [3.05, 3.63) is 133 Å². The number of likely N-dealkylation sites (N-methyl/N-ethyl adjacent to an activating group) is 1. The summed E-state index contributed by atoms with van der Waals surface area (Å²) in [5, 5.41) is 2.76. The molecule has 5 heterocycles. The van der Waals surface area contributed by atoms with E-state index in [9.17, 15) is 14.4 Å². The second kappa shape index (κ2) is 16.6. The Kier molecular flexibility index (Phi) is 11.0. The van der Waals surface area contributed by atoms with Crippen molar-refractivity contribution in [1.29, 1.82) is 0 Å². The summed E-state index contributed by atoms with van der Waals surface area (Å²) in [6.45, 7) is 1.84. The lowest BCUT2D eigenvalue weighted by Crippen LogP contribution is -2.57. The predicted octanol–water partition coefficient (Wildman–Crippen LogP) is 7.22. The number of benzene rings is 3. The van der Waals surface area contributed by atoms with E-state index in [0.29, 0.717) is 31.1 Å². The lowest BCUT2D eigenvalue weighted by Gasteiger charge is -2.31. The number of quaternary nitrogens is 1. The molecule has 1 unspecified atom stereocenters. The SMILES string of the molecule is COC(=O)N[C@@H](C(=O)[N+]1(c2ncc(-c3ccc(-c4ccc(-c5cnc([C@@H]6CCCN6C(=O)C(c6ccccc6)N(C)C)[nH]5)cn4)cc3)[nH]2)CCCC1)c1ccccc1. The van der Waals surface area contributed by atoms with Crippen molar-refractivity contribution >= 4 is 23.9 Å². The van der Waals surface area contributed by atoms with Gasteiger partial charge < -0.3 is 19.9 Å². The van der Waals surface area contributed by atoms with Crippen LogP contribution in [0.2, 0.25) is 0 Å². The van der Waals surface area contributed by atoms with E-state index in [1.54, 1.807) is 6.20 Å². The Morgan fingerprint density at radius 2 is 1.40 bits per heavy atom. The van der Waals surface area contributed by atoms with E-state index in [2.05, 4.69) is 15.3 Å². The Balaban J connectivity index is 0.963. The third-order valence-corrected chi connectivity index (χ3v) is 11.4. The van der Waals surface area contributed by atoms with Gasteiger partial charge in [-0.15, -0.1) is 0 Å². The van der Waals surface area contributed by atoms with Crippen LogP contribution < -0.4 is 9.80 Å². The number of carbonyl (C=O) groups is 3. The van der Waals surface area contributed by atoms with Crippen molar-refractivity contribution < 1.29 is 19.1 Å². The van der Waals surface area contributed by atoms with Crippen LogP contribution in [0.15, 0.2) is 116 Å². The van der Waals surface area contributed by atoms with Crippen molar-refractivity contribution in [3.8, 4) is 33.8 Å². The van der Waals surface area contributed by atoms with Gasteiger partial charge in [0.15, 0.2) is 6.04 Å². The van der Waals surface area contributed by atoms with Crippen LogP contribution in [-0.4, -0.2) is 93.5 Å². The fraction of sp³-hybridized carbons (Fsp3) is 0.289. The number of aromatic nitrogens is 5. The average Bonchev–Trinajstić information content (AvgIpc) is 4.11. The molecule has 3 amide bonds. The van der Waals surface area contributed by atoms with Gasteiger partial charge in [-0.05, 0) is 55.8 Å². The topological polar surface area (TPSA) is 149 Å². The number of pyridine rings is 1. The van der Waals surface area contributed by atoms with Gasteiger partial charge in [0.2, 0.25) is 5.91 Å². The largest absolute Gasteiger partial charge is 0.453 e. The van der Waals surface area contributed by atoms with Gasteiger partial charge in [0, 0.05) is 36.7 Å². The smallest absolute Gasteiger partial charge is 0.407 e. The van der Waals surface area contributed by atoms with E-state index in [0.717, 1.165) is 70.8 Å². The number of carbonyl (C=O) groups excluding carboxylic acids is 3. The summed E-state index contributed by atoms with van der Waals surface area (Å²) in [5.74, 6) is 1.24. The van der Waals surface area contributed by atoms with Crippen LogP contribution in [0.1, 0.15) is 60.8 Å². The molecular formula is C45H48N9O4+. The minimum atomic E-state index is -0.900. The summed E-state index contributed by atoms with van der Waals surface area (Å²) in [4.78, 5) is 65.8. The first kappa shape index (κ1) is 38.4. The van der Waals surface area contributed by atoms with Crippen LogP contribution in [0.5, 0.6) is 0 Å². The molecule has 296 valence electrons. The standard InChI is InChI=1S/C45H47N9O4/c1-52(2)40(33-15-8-5-9-16-33)42(55)53-24-12-17-38(53)41-47-28-37(49-41)34-22-23-35(46-27-34)30-18-20-31(21-19-30)36-29-48-44(50-36)54(25-10-11-26-54)43(56)39(51-45(57)58-3)32-13-6-4-7-14-32/h4-9,13-16,18-23,27-29,38-40H,10-12,17,24-26H2,1-3H3,(H2-,46,47,48,49,50,51,57)/p+1/t38-,39+,40?/m0/s1. The number of amides is 3. The average molecular weight is 779 g/mol. The molecular weight excluding hydrogens is 731 g/mol. The Labute approximate surface area is 337 Å². The number of rotatable bonds is 11. The van der Waals surface area contributed by atoms with Crippen LogP contribution in [0.3, 0.4) is 0 Å². The maximum absolute atomic E-state index is 14.4. The normalized spacial score (nSPS) is 17.2. The zero-order valence-electron chi connectivity index (χ0n) is 33.0. The quantitative estimate of drug-likeness (QED) is 0.117. The molecule has 3 aromatic heterocycles. The fourth-order valence-corrected chi connectivity index (χ4v) is 8.41. The summed E-state index contributed by atoms with van der Waals surface area (Å²) >= 11 is 0. The van der Waals surface area contributed by atoms with Gasteiger partial charge >= 0.3 is 17.9 Å².